The van der Waals surface area contributed by atoms with Crippen LogP contribution in [0, 0.1) is 11.7 Å². The summed E-state index contributed by atoms with van der Waals surface area (Å²) in [6.45, 7) is 3.11. The zero-order chi connectivity index (χ0) is 13.0. The predicted molar refractivity (Wildman–Crippen MR) is 65.7 cm³/mol. The third-order valence-electron chi connectivity index (χ3n) is 2.74. The van der Waals surface area contributed by atoms with Crippen LogP contribution in [0.25, 0.3) is 0 Å². The Balaban J connectivity index is 1.97. The Labute approximate surface area is 111 Å². The number of halogens is 2. The molecule has 1 aliphatic heterocycles. The van der Waals surface area contributed by atoms with Gasteiger partial charge in [-0.05, 0) is 6.07 Å². The number of benzene rings is 1. The van der Waals surface area contributed by atoms with E-state index in [9.17, 15) is 4.39 Å². The fourth-order valence-corrected chi connectivity index (χ4v) is 1.86. The third kappa shape index (κ3) is 3.20. The molecule has 1 saturated heterocycles. The molecule has 3 nitrogen and oxygen atoms in total. The first-order valence-corrected chi connectivity index (χ1v) is 6.40. The van der Waals surface area contributed by atoms with E-state index >= 15 is 0 Å². The van der Waals surface area contributed by atoms with Gasteiger partial charge in [-0.1, -0.05) is 25.1 Å². The molecule has 1 aliphatic rings. The smallest absolute Gasteiger partial charge is 0.297 e. The summed E-state index contributed by atoms with van der Waals surface area (Å²) < 4.78 is 29.9. The predicted octanol–water partition coefficient (Wildman–Crippen LogP) is 2.92. The van der Waals surface area contributed by atoms with Crippen LogP contribution in [0.4, 0.5) is 4.39 Å². The van der Waals surface area contributed by atoms with Gasteiger partial charge in [-0.15, -0.1) is 11.6 Å². The SMILES string of the molecule is CC1COC(CCl)(OCc2ccccc2F)OC1. The summed E-state index contributed by atoms with van der Waals surface area (Å²) in [4.78, 5) is 0. The van der Waals surface area contributed by atoms with Crippen LogP contribution in [0.2, 0.25) is 0 Å². The number of hydrogen-bond acceptors (Lipinski definition) is 3. The quantitative estimate of drug-likeness (QED) is 0.790. The van der Waals surface area contributed by atoms with Crippen LogP contribution in [0.1, 0.15) is 12.5 Å². The molecule has 0 atom stereocenters. The van der Waals surface area contributed by atoms with E-state index in [1.54, 1.807) is 18.2 Å². The lowest BCUT2D eigenvalue weighted by Crippen LogP contribution is -2.47. The lowest BCUT2D eigenvalue weighted by molar-refractivity contribution is -0.398. The van der Waals surface area contributed by atoms with E-state index in [1.165, 1.54) is 6.07 Å². The van der Waals surface area contributed by atoms with Gasteiger partial charge in [0.15, 0.2) is 0 Å². The largest absolute Gasteiger partial charge is 0.326 e. The van der Waals surface area contributed by atoms with E-state index in [1.807, 2.05) is 6.92 Å². The summed E-state index contributed by atoms with van der Waals surface area (Å²) in [7, 11) is 0. The molecule has 0 unspecified atom stereocenters. The standard InChI is InChI=1S/C13H16ClFO3/c1-10-6-16-13(9-14,17-7-10)18-8-11-4-2-3-5-12(11)15/h2-5,10H,6-9H2,1H3. The highest BCUT2D eigenvalue weighted by molar-refractivity contribution is 6.18. The molecule has 0 saturated carbocycles. The summed E-state index contributed by atoms with van der Waals surface area (Å²) in [5.41, 5.74) is 0.452. The van der Waals surface area contributed by atoms with E-state index in [-0.39, 0.29) is 18.3 Å². The maximum Gasteiger partial charge on any atom is 0.297 e. The van der Waals surface area contributed by atoms with E-state index < -0.39 is 5.97 Å². The van der Waals surface area contributed by atoms with Crippen molar-refractivity contribution >= 4 is 11.6 Å². The van der Waals surface area contributed by atoms with Crippen LogP contribution in [0.5, 0.6) is 0 Å². The first-order chi connectivity index (χ1) is 8.65. The van der Waals surface area contributed by atoms with E-state index in [4.69, 9.17) is 25.8 Å². The van der Waals surface area contributed by atoms with Gasteiger partial charge in [0.25, 0.3) is 5.97 Å². The number of rotatable bonds is 4. The summed E-state index contributed by atoms with van der Waals surface area (Å²) in [6, 6.07) is 6.42. The summed E-state index contributed by atoms with van der Waals surface area (Å²) in [5.74, 6) is -1.21. The summed E-state index contributed by atoms with van der Waals surface area (Å²) in [6.07, 6.45) is 0. The molecule has 0 bridgehead atoms. The minimum absolute atomic E-state index is 0.0498. The van der Waals surface area contributed by atoms with Gasteiger partial charge >= 0.3 is 0 Å². The van der Waals surface area contributed by atoms with E-state index in [0.717, 1.165) is 0 Å². The Morgan fingerprint density at radius 2 is 2.06 bits per heavy atom. The lowest BCUT2D eigenvalue weighted by atomic mass is 10.2. The first-order valence-electron chi connectivity index (χ1n) is 5.86. The van der Waals surface area contributed by atoms with Gasteiger partial charge in [0, 0.05) is 11.5 Å². The van der Waals surface area contributed by atoms with Crippen molar-refractivity contribution in [3.8, 4) is 0 Å². The third-order valence-corrected chi connectivity index (χ3v) is 3.07. The minimum atomic E-state index is -1.25. The normalized spacial score (nSPS) is 28.3. The van der Waals surface area contributed by atoms with Gasteiger partial charge in [0.1, 0.15) is 11.7 Å². The second-order valence-corrected chi connectivity index (χ2v) is 4.69. The van der Waals surface area contributed by atoms with Crippen LogP contribution < -0.4 is 0 Å². The first kappa shape index (κ1) is 13.7. The summed E-state index contributed by atoms with van der Waals surface area (Å²) >= 11 is 5.82. The van der Waals surface area contributed by atoms with Gasteiger partial charge in [-0.2, -0.15) is 0 Å². The van der Waals surface area contributed by atoms with Crippen molar-refractivity contribution in [2.75, 3.05) is 19.1 Å². The van der Waals surface area contributed by atoms with Crippen LogP contribution in [0.3, 0.4) is 0 Å². The van der Waals surface area contributed by atoms with Crippen molar-refractivity contribution in [1.82, 2.24) is 0 Å². The Kier molecular flexibility index (Phi) is 4.56. The molecule has 0 aromatic heterocycles. The van der Waals surface area contributed by atoms with Gasteiger partial charge in [-0.3, -0.25) is 0 Å². The second-order valence-electron chi connectivity index (χ2n) is 4.42. The van der Waals surface area contributed by atoms with Crippen molar-refractivity contribution in [3.05, 3.63) is 35.6 Å². The highest BCUT2D eigenvalue weighted by Gasteiger charge is 2.37. The van der Waals surface area contributed by atoms with Crippen molar-refractivity contribution in [2.24, 2.45) is 5.92 Å². The molecule has 5 heteroatoms. The average molecular weight is 275 g/mol. The van der Waals surface area contributed by atoms with Crippen LogP contribution in [0.15, 0.2) is 24.3 Å². The number of alkyl halides is 1. The molecule has 0 N–H and O–H groups in total. The molecule has 0 amide bonds. The van der Waals surface area contributed by atoms with Crippen LogP contribution in [-0.4, -0.2) is 25.1 Å². The van der Waals surface area contributed by atoms with Gasteiger partial charge in [-0.25, -0.2) is 4.39 Å². The van der Waals surface area contributed by atoms with Crippen molar-refractivity contribution in [3.63, 3.8) is 0 Å². The maximum absolute atomic E-state index is 13.4. The van der Waals surface area contributed by atoms with E-state index in [2.05, 4.69) is 0 Å². The Morgan fingerprint density at radius 1 is 1.39 bits per heavy atom. The van der Waals surface area contributed by atoms with Gasteiger partial charge < -0.3 is 14.2 Å². The Bertz CT molecular complexity index is 392. The molecule has 100 valence electrons. The molecular weight excluding hydrogens is 259 g/mol. The average Bonchev–Trinajstić information content (AvgIpc) is 2.40. The van der Waals surface area contributed by atoms with Crippen molar-refractivity contribution < 1.29 is 18.6 Å². The molecule has 1 fully saturated rings. The Hall–Kier alpha value is -0.680. The molecule has 1 aromatic rings. The maximum atomic E-state index is 13.4. The molecule has 0 spiro atoms. The topological polar surface area (TPSA) is 27.7 Å². The molecule has 0 aliphatic carbocycles. The van der Waals surface area contributed by atoms with Crippen molar-refractivity contribution in [2.45, 2.75) is 19.5 Å². The van der Waals surface area contributed by atoms with Gasteiger partial charge in [0.05, 0.1) is 19.8 Å². The van der Waals surface area contributed by atoms with Crippen molar-refractivity contribution in [1.29, 1.82) is 0 Å². The zero-order valence-electron chi connectivity index (χ0n) is 10.2. The van der Waals surface area contributed by atoms with Crippen LogP contribution >= 0.6 is 11.6 Å². The molecular formula is C13H16ClFO3. The fraction of sp³-hybridized carbons (Fsp3) is 0.538. The molecule has 1 aromatic carbocycles. The van der Waals surface area contributed by atoms with E-state index in [0.29, 0.717) is 24.7 Å². The lowest BCUT2D eigenvalue weighted by Gasteiger charge is -2.37. The number of hydrogen-bond donors (Lipinski definition) is 0. The highest BCUT2D eigenvalue weighted by atomic mass is 35.5. The number of ether oxygens (including phenoxy) is 3. The minimum Gasteiger partial charge on any atom is -0.326 e. The zero-order valence-corrected chi connectivity index (χ0v) is 11.0. The molecule has 1 heterocycles. The second kappa shape index (κ2) is 5.97. The monoisotopic (exact) mass is 274 g/mol. The molecule has 2 rings (SSSR count). The fourth-order valence-electron chi connectivity index (χ4n) is 1.63. The van der Waals surface area contributed by atoms with Crippen LogP contribution in [-0.2, 0) is 20.8 Å². The molecule has 18 heavy (non-hydrogen) atoms. The summed E-state index contributed by atoms with van der Waals surface area (Å²) in [5, 5.41) is 0. The Morgan fingerprint density at radius 3 is 2.67 bits per heavy atom. The highest BCUT2D eigenvalue weighted by Crippen LogP contribution is 2.26. The molecule has 0 radical (unpaired) electrons. The van der Waals surface area contributed by atoms with Gasteiger partial charge in [0.2, 0.25) is 0 Å².